The number of hydrogen-bond acceptors (Lipinski definition) is 3. The molecule has 18 heavy (non-hydrogen) atoms. The van der Waals surface area contributed by atoms with Crippen molar-refractivity contribution < 1.29 is 0 Å². The van der Waals surface area contributed by atoms with Crippen LogP contribution in [0.5, 0.6) is 0 Å². The fraction of sp³-hybridized carbons (Fsp3) is 0.533. The molecule has 0 saturated heterocycles. The average Bonchev–Trinajstić information content (AvgIpc) is 2.36. The van der Waals surface area contributed by atoms with E-state index in [1.165, 1.54) is 16.0 Å². The molecule has 0 aliphatic rings. The Morgan fingerprint density at radius 3 is 2.67 bits per heavy atom. The number of rotatable bonds is 6. The zero-order chi connectivity index (χ0) is 13.6. The minimum atomic E-state index is -0.636. The van der Waals surface area contributed by atoms with E-state index in [9.17, 15) is 0 Å². The Balaban J connectivity index is 2.41. The van der Waals surface area contributed by atoms with E-state index in [-0.39, 0.29) is 0 Å². The van der Waals surface area contributed by atoms with Crippen LogP contribution in [0.4, 0.5) is 0 Å². The topological polar surface area (TPSA) is 49.8 Å². The van der Waals surface area contributed by atoms with E-state index in [4.69, 9.17) is 11.0 Å². The van der Waals surface area contributed by atoms with E-state index in [0.29, 0.717) is 0 Å². The highest BCUT2D eigenvalue weighted by atomic mass is 32.2. The lowest BCUT2D eigenvalue weighted by Crippen LogP contribution is -2.37. The van der Waals surface area contributed by atoms with Crippen molar-refractivity contribution in [2.75, 3.05) is 5.75 Å². The standard InChI is InChI=1S/C15H22N2S/c1-4-15(17,11-16)8-5-9-18-14-7-6-12(2)10-13(14)3/h6-7,10H,4-5,8-9,17H2,1-3H3. The first kappa shape index (κ1) is 15.1. The Kier molecular flexibility index (Phi) is 5.71. The van der Waals surface area contributed by atoms with Crippen molar-refractivity contribution in [1.29, 1.82) is 5.26 Å². The minimum Gasteiger partial charge on any atom is -0.313 e. The zero-order valence-electron chi connectivity index (χ0n) is 11.5. The number of nitriles is 1. The van der Waals surface area contributed by atoms with Gasteiger partial charge in [0.05, 0.1) is 6.07 Å². The molecule has 1 unspecified atom stereocenters. The lowest BCUT2D eigenvalue weighted by atomic mass is 9.94. The molecule has 98 valence electrons. The third-order valence-corrected chi connectivity index (χ3v) is 4.47. The first-order valence-corrected chi connectivity index (χ1v) is 7.39. The molecule has 1 aromatic carbocycles. The third kappa shape index (κ3) is 4.36. The molecule has 0 aliphatic carbocycles. The Morgan fingerprint density at radius 1 is 1.39 bits per heavy atom. The van der Waals surface area contributed by atoms with Gasteiger partial charge in [-0.2, -0.15) is 5.26 Å². The van der Waals surface area contributed by atoms with Gasteiger partial charge in [-0.1, -0.05) is 24.6 Å². The van der Waals surface area contributed by atoms with E-state index in [0.717, 1.165) is 25.0 Å². The van der Waals surface area contributed by atoms with Gasteiger partial charge in [0.15, 0.2) is 0 Å². The molecule has 0 amide bonds. The average molecular weight is 262 g/mol. The molecule has 1 rings (SSSR count). The number of thioether (sulfide) groups is 1. The SMILES string of the molecule is CCC(N)(C#N)CCCSc1ccc(C)cc1C. The van der Waals surface area contributed by atoms with Crippen molar-refractivity contribution in [3.63, 3.8) is 0 Å². The van der Waals surface area contributed by atoms with Crippen LogP contribution in [0.3, 0.4) is 0 Å². The normalized spacial score (nSPS) is 13.9. The molecule has 0 saturated carbocycles. The van der Waals surface area contributed by atoms with Gasteiger partial charge in [-0.05, 0) is 50.5 Å². The predicted octanol–water partition coefficient (Wildman–Crippen LogP) is 3.81. The van der Waals surface area contributed by atoms with E-state index in [1.807, 2.05) is 18.7 Å². The highest BCUT2D eigenvalue weighted by molar-refractivity contribution is 7.99. The van der Waals surface area contributed by atoms with Gasteiger partial charge in [0.1, 0.15) is 5.54 Å². The second kappa shape index (κ2) is 6.82. The van der Waals surface area contributed by atoms with Crippen LogP contribution in [0.15, 0.2) is 23.1 Å². The van der Waals surface area contributed by atoms with E-state index in [1.54, 1.807) is 0 Å². The van der Waals surface area contributed by atoms with Crippen molar-refractivity contribution in [3.8, 4) is 6.07 Å². The summed E-state index contributed by atoms with van der Waals surface area (Å²) in [6, 6.07) is 8.74. The van der Waals surface area contributed by atoms with Crippen LogP contribution in [-0.4, -0.2) is 11.3 Å². The monoisotopic (exact) mass is 262 g/mol. The van der Waals surface area contributed by atoms with Gasteiger partial charge in [0.2, 0.25) is 0 Å². The third-order valence-electron chi connectivity index (χ3n) is 3.21. The molecule has 0 bridgehead atoms. The molecule has 2 nitrogen and oxygen atoms in total. The maximum atomic E-state index is 8.99. The predicted molar refractivity (Wildman–Crippen MR) is 78.7 cm³/mol. The number of nitrogens with two attached hydrogens (primary N) is 1. The van der Waals surface area contributed by atoms with Crippen LogP contribution >= 0.6 is 11.8 Å². The van der Waals surface area contributed by atoms with Gasteiger partial charge in [0, 0.05) is 4.90 Å². The molecular weight excluding hydrogens is 240 g/mol. The second-order valence-electron chi connectivity index (χ2n) is 4.84. The summed E-state index contributed by atoms with van der Waals surface area (Å²) >= 11 is 1.85. The van der Waals surface area contributed by atoms with Crippen molar-refractivity contribution in [1.82, 2.24) is 0 Å². The molecule has 0 heterocycles. The van der Waals surface area contributed by atoms with Gasteiger partial charge >= 0.3 is 0 Å². The fourth-order valence-corrected chi connectivity index (χ4v) is 2.80. The fourth-order valence-electron chi connectivity index (χ4n) is 1.84. The Labute approximate surface area is 115 Å². The van der Waals surface area contributed by atoms with Gasteiger partial charge in [0.25, 0.3) is 0 Å². The van der Waals surface area contributed by atoms with Gasteiger partial charge in [-0.15, -0.1) is 11.8 Å². The van der Waals surface area contributed by atoms with Crippen molar-refractivity contribution in [2.24, 2.45) is 5.73 Å². The summed E-state index contributed by atoms with van der Waals surface area (Å²) in [6.45, 7) is 6.22. The summed E-state index contributed by atoms with van der Waals surface area (Å²) in [4.78, 5) is 1.33. The van der Waals surface area contributed by atoms with Crippen molar-refractivity contribution in [3.05, 3.63) is 29.3 Å². The summed E-state index contributed by atoms with van der Waals surface area (Å²) in [5.74, 6) is 1.02. The molecule has 0 fully saturated rings. The van der Waals surface area contributed by atoms with Crippen LogP contribution in [0.1, 0.15) is 37.3 Å². The van der Waals surface area contributed by atoms with Crippen LogP contribution in [-0.2, 0) is 0 Å². The van der Waals surface area contributed by atoms with E-state index in [2.05, 4.69) is 38.1 Å². The van der Waals surface area contributed by atoms with Gasteiger partial charge < -0.3 is 5.73 Å². The second-order valence-corrected chi connectivity index (χ2v) is 5.98. The lowest BCUT2D eigenvalue weighted by Gasteiger charge is -2.18. The van der Waals surface area contributed by atoms with Crippen LogP contribution in [0, 0.1) is 25.2 Å². The van der Waals surface area contributed by atoms with Crippen molar-refractivity contribution in [2.45, 2.75) is 50.5 Å². The number of aryl methyl sites for hydroxylation is 2. The van der Waals surface area contributed by atoms with Crippen LogP contribution in [0.2, 0.25) is 0 Å². The molecule has 0 spiro atoms. The summed E-state index contributed by atoms with van der Waals surface area (Å²) in [6.07, 6.45) is 2.48. The van der Waals surface area contributed by atoms with E-state index >= 15 is 0 Å². The first-order chi connectivity index (χ1) is 8.50. The summed E-state index contributed by atoms with van der Waals surface area (Å²) < 4.78 is 0. The molecule has 0 radical (unpaired) electrons. The molecular formula is C15H22N2S. The Bertz CT molecular complexity index is 437. The quantitative estimate of drug-likeness (QED) is 0.626. The highest BCUT2D eigenvalue weighted by Crippen LogP contribution is 2.25. The molecule has 1 atom stereocenters. The summed E-state index contributed by atoms with van der Waals surface area (Å²) in [5.41, 5.74) is 7.95. The van der Waals surface area contributed by atoms with E-state index < -0.39 is 5.54 Å². The highest BCUT2D eigenvalue weighted by Gasteiger charge is 2.20. The number of hydrogen-bond donors (Lipinski definition) is 1. The maximum absolute atomic E-state index is 8.99. The van der Waals surface area contributed by atoms with Crippen LogP contribution in [0.25, 0.3) is 0 Å². The van der Waals surface area contributed by atoms with Crippen molar-refractivity contribution >= 4 is 11.8 Å². The first-order valence-electron chi connectivity index (χ1n) is 6.41. The molecule has 0 aromatic heterocycles. The Hall–Kier alpha value is -0.980. The minimum absolute atomic E-state index is 0.636. The number of benzene rings is 1. The summed E-state index contributed by atoms with van der Waals surface area (Å²) in [7, 11) is 0. The molecule has 1 aromatic rings. The summed E-state index contributed by atoms with van der Waals surface area (Å²) in [5, 5.41) is 8.99. The zero-order valence-corrected chi connectivity index (χ0v) is 12.3. The Morgan fingerprint density at radius 2 is 2.11 bits per heavy atom. The lowest BCUT2D eigenvalue weighted by molar-refractivity contribution is 0.478. The molecule has 2 N–H and O–H groups in total. The van der Waals surface area contributed by atoms with Gasteiger partial charge in [-0.3, -0.25) is 0 Å². The number of nitrogens with zero attached hydrogens (tertiary/aromatic N) is 1. The molecule has 3 heteroatoms. The van der Waals surface area contributed by atoms with Crippen LogP contribution < -0.4 is 5.73 Å². The van der Waals surface area contributed by atoms with Gasteiger partial charge in [-0.25, -0.2) is 0 Å². The largest absolute Gasteiger partial charge is 0.313 e. The smallest absolute Gasteiger partial charge is 0.104 e. The maximum Gasteiger partial charge on any atom is 0.104 e. The molecule has 0 aliphatic heterocycles.